The minimum Gasteiger partial charge on any atom is -0.463 e. The summed E-state index contributed by atoms with van der Waals surface area (Å²) in [5.41, 5.74) is 0.982. The van der Waals surface area contributed by atoms with Crippen molar-refractivity contribution >= 4 is 16.8 Å². The first kappa shape index (κ1) is 15.8. The van der Waals surface area contributed by atoms with Crippen molar-refractivity contribution < 1.29 is 14.3 Å². The van der Waals surface area contributed by atoms with E-state index in [0.29, 0.717) is 19.0 Å². The quantitative estimate of drug-likeness (QED) is 0.868. The number of morpholine rings is 1. The van der Waals surface area contributed by atoms with Crippen LogP contribution in [0.4, 0.5) is 0 Å². The summed E-state index contributed by atoms with van der Waals surface area (Å²) in [6.07, 6.45) is -0.484. The van der Waals surface area contributed by atoms with Crippen LogP contribution in [0.3, 0.4) is 0 Å². The molecule has 1 fully saturated rings. The van der Waals surface area contributed by atoms with Crippen molar-refractivity contribution in [3.05, 3.63) is 24.3 Å². The summed E-state index contributed by atoms with van der Waals surface area (Å²) >= 11 is 0. The number of hydrogen-bond acceptors (Lipinski definition) is 4. The zero-order valence-electron chi connectivity index (χ0n) is 14.0. The summed E-state index contributed by atoms with van der Waals surface area (Å²) in [6, 6.07) is 7.83. The summed E-state index contributed by atoms with van der Waals surface area (Å²) in [6.45, 7) is 6.93. The third kappa shape index (κ3) is 3.17. The zero-order chi connectivity index (χ0) is 16.6. The molecule has 3 rings (SSSR count). The Hall–Kier alpha value is -2.08. The van der Waals surface area contributed by atoms with E-state index >= 15 is 0 Å². The molecule has 1 aliphatic rings. The fraction of sp³-hybridized carbons (Fsp3) is 0.529. The van der Waals surface area contributed by atoms with E-state index in [-0.39, 0.29) is 18.1 Å². The van der Waals surface area contributed by atoms with Gasteiger partial charge in [-0.2, -0.15) is 0 Å². The molecule has 6 nitrogen and oxygen atoms in total. The summed E-state index contributed by atoms with van der Waals surface area (Å²) in [5.74, 6) is 0.472. The third-order valence-corrected chi connectivity index (χ3v) is 4.09. The maximum Gasteiger partial charge on any atom is 0.263 e. The molecule has 1 amide bonds. The maximum absolute atomic E-state index is 12.6. The molecule has 0 radical (unpaired) electrons. The topological polar surface area (TPSA) is 56.6 Å². The van der Waals surface area contributed by atoms with E-state index in [1.807, 2.05) is 50.1 Å². The second-order valence-corrected chi connectivity index (χ2v) is 6.21. The molecule has 0 unspecified atom stereocenters. The maximum atomic E-state index is 12.6. The number of benzene rings is 1. The monoisotopic (exact) mass is 317 g/mol. The molecule has 6 heteroatoms. The van der Waals surface area contributed by atoms with Gasteiger partial charge in [0.15, 0.2) is 6.10 Å². The number of carbonyl (C=O) groups is 1. The molecule has 0 bridgehead atoms. The number of ether oxygens (including phenoxy) is 2. The van der Waals surface area contributed by atoms with Gasteiger partial charge in [-0.3, -0.25) is 9.48 Å². The van der Waals surface area contributed by atoms with Gasteiger partial charge in [0.1, 0.15) is 0 Å². The second-order valence-electron chi connectivity index (χ2n) is 6.21. The minimum atomic E-state index is -0.578. The Morgan fingerprint density at radius 3 is 2.65 bits per heavy atom. The number of fused-ring (bicyclic) bond motifs is 1. The van der Waals surface area contributed by atoms with Gasteiger partial charge in [-0.05, 0) is 32.9 Å². The fourth-order valence-electron chi connectivity index (χ4n) is 3.10. The van der Waals surface area contributed by atoms with Crippen LogP contribution in [0.15, 0.2) is 24.3 Å². The van der Waals surface area contributed by atoms with Crippen LogP contribution >= 0.6 is 0 Å². The Morgan fingerprint density at radius 2 is 1.96 bits per heavy atom. The number of nitrogens with zero attached hydrogens (tertiary/aromatic N) is 3. The molecule has 0 spiro atoms. The Morgan fingerprint density at radius 1 is 1.30 bits per heavy atom. The lowest BCUT2D eigenvalue weighted by molar-refractivity contribution is -0.149. The summed E-state index contributed by atoms with van der Waals surface area (Å²) < 4.78 is 13.3. The minimum absolute atomic E-state index is 0.0262. The molecule has 2 aromatic rings. The highest BCUT2D eigenvalue weighted by molar-refractivity contribution is 5.86. The highest BCUT2D eigenvalue weighted by Crippen LogP contribution is 2.25. The van der Waals surface area contributed by atoms with Crippen LogP contribution in [0.25, 0.3) is 10.9 Å². The smallest absolute Gasteiger partial charge is 0.263 e. The van der Waals surface area contributed by atoms with Gasteiger partial charge in [0.2, 0.25) is 5.88 Å². The van der Waals surface area contributed by atoms with Crippen molar-refractivity contribution in [1.29, 1.82) is 0 Å². The first-order chi connectivity index (χ1) is 11.0. The number of rotatable bonds is 3. The molecular formula is C17H23N3O3. The second kappa shape index (κ2) is 6.20. The average molecular weight is 317 g/mol. The average Bonchev–Trinajstić information content (AvgIpc) is 2.82. The number of hydrogen-bond donors (Lipinski definition) is 0. The van der Waals surface area contributed by atoms with E-state index in [9.17, 15) is 4.79 Å². The first-order valence-electron chi connectivity index (χ1n) is 7.98. The number of aromatic nitrogens is 2. The van der Waals surface area contributed by atoms with Gasteiger partial charge in [-0.1, -0.05) is 12.1 Å². The van der Waals surface area contributed by atoms with E-state index in [0.717, 1.165) is 10.9 Å². The number of amides is 1. The van der Waals surface area contributed by atoms with Crippen LogP contribution in [-0.2, 0) is 16.6 Å². The fourth-order valence-corrected chi connectivity index (χ4v) is 3.10. The van der Waals surface area contributed by atoms with Crippen molar-refractivity contribution in [2.24, 2.45) is 7.05 Å². The van der Waals surface area contributed by atoms with Gasteiger partial charge in [-0.25, -0.2) is 0 Å². The van der Waals surface area contributed by atoms with Crippen molar-refractivity contribution in [3.8, 4) is 5.88 Å². The summed E-state index contributed by atoms with van der Waals surface area (Å²) in [7, 11) is 1.87. The standard InChI is InChI=1S/C17H23N3O3/c1-11-9-20(10-12(2)22-11)17(21)13(3)23-16-14-7-5-6-8-15(14)19(4)18-16/h5-8,11-13H,9-10H2,1-4H3/t11-,12+,13-/m0/s1. The van der Waals surface area contributed by atoms with Gasteiger partial charge < -0.3 is 14.4 Å². The Kier molecular flexibility index (Phi) is 4.26. The van der Waals surface area contributed by atoms with Gasteiger partial charge in [0.05, 0.1) is 23.1 Å². The summed E-state index contributed by atoms with van der Waals surface area (Å²) in [4.78, 5) is 14.5. The molecule has 0 saturated carbocycles. The Labute approximate surface area is 136 Å². The van der Waals surface area contributed by atoms with E-state index in [2.05, 4.69) is 5.10 Å². The van der Waals surface area contributed by atoms with E-state index in [1.54, 1.807) is 11.6 Å². The highest BCUT2D eigenvalue weighted by atomic mass is 16.5. The molecule has 1 saturated heterocycles. The van der Waals surface area contributed by atoms with Gasteiger partial charge >= 0.3 is 0 Å². The van der Waals surface area contributed by atoms with Crippen LogP contribution in [0.5, 0.6) is 5.88 Å². The van der Waals surface area contributed by atoms with E-state index in [1.165, 1.54) is 0 Å². The van der Waals surface area contributed by atoms with Crippen molar-refractivity contribution in [1.82, 2.24) is 14.7 Å². The number of carbonyl (C=O) groups excluding carboxylic acids is 1. The molecule has 3 atom stereocenters. The van der Waals surface area contributed by atoms with Crippen molar-refractivity contribution in [2.75, 3.05) is 13.1 Å². The molecule has 2 heterocycles. The largest absolute Gasteiger partial charge is 0.463 e. The first-order valence-corrected chi connectivity index (χ1v) is 7.98. The molecule has 23 heavy (non-hydrogen) atoms. The lowest BCUT2D eigenvalue weighted by atomic mass is 10.2. The van der Waals surface area contributed by atoms with Crippen LogP contribution in [0, 0.1) is 0 Å². The van der Waals surface area contributed by atoms with Crippen LogP contribution in [0.1, 0.15) is 20.8 Å². The van der Waals surface area contributed by atoms with Crippen molar-refractivity contribution in [2.45, 2.75) is 39.1 Å². The number of para-hydroxylation sites is 1. The van der Waals surface area contributed by atoms with Crippen LogP contribution in [0.2, 0.25) is 0 Å². The molecule has 1 aliphatic heterocycles. The SMILES string of the molecule is C[C@@H]1CN(C(=O)[C@H](C)Oc2nn(C)c3ccccc23)C[C@H](C)O1. The molecular weight excluding hydrogens is 294 g/mol. The summed E-state index contributed by atoms with van der Waals surface area (Å²) in [5, 5.41) is 5.30. The van der Waals surface area contributed by atoms with Gasteiger partial charge in [0, 0.05) is 20.1 Å². The van der Waals surface area contributed by atoms with Crippen molar-refractivity contribution in [3.63, 3.8) is 0 Å². The normalized spacial score (nSPS) is 23.0. The van der Waals surface area contributed by atoms with E-state index < -0.39 is 6.10 Å². The Balaban J connectivity index is 1.75. The number of aryl methyl sites for hydroxylation is 1. The van der Waals surface area contributed by atoms with E-state index in [4.69, 9.17) is 9.47 Å². The van der Waals surface area contributed by atoms with Crippen LogP contribution < -0.4 is 4.74 Å². The molecule has 1 aromatic carbocycles. The Bertz CT molecular complexity index is 702. The molecule has 1 aromatic heterocycles. The van der Waals surface area contributed by atoms with Crippen LogP contribution in [-0.4, -0.2) is 52.0 Å². The lowest BCUT2D eigenvalue weighted by Crippen LogP contribution is -2.51. The molecule has 0 aliphatic carbocycles. The predicted molar refractivity (Wildman–Crippen MR) is 87.4 cm³/mol. The zero-order valence-corrected chi connectivity index (χ0v) is 14.0. The third-order valence-electron chi connectivity index (χ3n) is 4.09. The molecule has 124 valence electrons. The highest BCUT2D eigenvalue weighted by Gasteiger charge is 2.30. The van der Waals surface area contributed by atoms with Gasteiger partial charge in [-0.15, -0.1) is 5.10 Å². The predicted octanol–water partition coefficient (Wildman–Crippen LogP) is 1.98. The molecule has 0 N–H and O–H groups in total. The van der Waals surface area contributed by atoms with Gasteiger partial charge in [0.25, 0.3) is 5.91 Å². The lowest BCUT2D eigenvalue weighted by Gasteiger charge is -2.36.